The van der Waals surface area contributed by atoms with Gasteiger partial charge in [0.15, 0.2) is 9.84 Å². The summed E-state index contributed by atoms with van der Waals surface area (Å²) in [5.74, 6) is -0.729. The fraction of sp³-hybridized carbons (Fsp3) is 0.200. The van der Waals surface area contributed by atoms with Crippen LogP contribution in [0.4, 0.5) is 13.2 Å². The summed E-state index contributed by atoms with van der Waals surface area (Å²) in [6, 6.07) is 10.7. The number of rotatable bonds is 4. The molecule has 0 aliphatic heterocycles. The Morgan fingerprint density at radius 2 is 1.45 bits per heavy atom. The van der Waals surface area contributed by atoms with Gasteiger partial charge in [-0.2, -0.15) is 13.2 Å². The minimum Gasteiger partial charge on any atom is -0.228 e. The Morgan fingerprint density at radius 1 is 0.909 bits per heavy atom. The largest absolute Gasteiger partial charge is 0.416 e. The van der Waals surface area contributed by atoms with E-state index in [0.29, 0.717) is 10.6 Å². The van der Waals surface area contributed by atoms with Crippen molar-refractivity contribution in [1.82, 2.24) is 0 Å². The van der Waals surface area contributed by atoms with Crippen molar-refractivity contribution < 1.29 is 21.6 Å². The average molecular weight is 349 g/mol. The van der Waals surface area contributed by atoms with E-state index in [0.717, 1.165) is 12.1 Å². The predicted molar refractivity (Wildman–Crippen MR) is 79.2 cm³/mol. The molecule has 22 heavy (non-hydrogen) atoms. The average Bonchev–Trinajstić information content (AvgIpc) is 2.36. The maximum atomic E-state index is 12.6. The third kappa shape index (κ3) is 4.74. The van der Waals surface area contributed by atoms with Gasteiger partial charge in [0.25, 0.3) is 0 Å². The number of benzene rings is 2. The Balaban J connectivity index is 2.19. The number of alkyl halides is 3. The fourth-order valence-corrected chi connectivity index (χ4v) is 3.71. The van der Waals surface area contributed by atoms with Crippen LogP contribution in [0.3, 0.4) is 0 Å². The fourth-order valence-electron chi connectivity index (χ4n) is 2.02. The molecule has 2 rings (SSSR count). The molecule has 0 N–H and O–H groups in total. The molecular weight excluding hydrogens is 337 g/mol. The first-order chi connectivity index (χ1) is 10.2. The number of hydrogen-bond donors (Lipinski definition) is 0. The summed E-state index contributed by atoms with van der Waals surface area (Å²) in [5, 5.41) is 0.409. The van der Waals surface area contributed by atoms with E-state index >= 15 is 0 Å². The van der Waals surface area contributed by atoms with Gasteiger partial charge in [0, 0.05) is 5.02 Å². The molecule has 118 valence electrons. The van der Waals surface area contributed by atoms with Gasteiger partial charge in [0.1, 0.15) is 0 Å². The third-order valence-electron chi connectivity index (χ3n) is 2.92. The maximum absolute atomic E-state index is 12.6. The minimum atomic E-state index is -4.49. The van der Waals surface area contributed by atoms with Crippen molar-refractivity contribution in [1.29, 1.82) is 0 Å². The summed E-state index contributed by atoms with van der Waals surface area (Å²) in [7, 11) is -3.59. The van der Waals surface area contributed by atoms with Crippen molar-refractivity contribution in [3.63, 3.8) is 0 Å². The van der Waals surface area contributed by atoms with E-state index in [4.69, 9.17) is 11.6 Å². The van der Waals surface area contributed by atoms with Crippen molar-refractivity contribution in [2.75, 3.05) is 0 Å². The van der Waals surface area contributed by atoms with Crippen molar-refractivity contribution in [2.24, 2.45) is 0 Å². The molecule has 0 radical (unpaired) electrons. The van der Waals surface area contributed by atoms with Gasteiger partial charge in [0.2, 0.25) is 0 Å². The van der Waals surface area contributed by atoms with Crippen LogP contribution in [0.2, 0.25) is 5.02 Å². The van der Waals surface area contributed by atoms with E-state index in [1.165, 1.54) is 18.2 Å². The SMILES string of the molecule is O=S(=O)(Cc1cccc(Cl)c1)Cc1cccc(C(F)(F)F)c1. The predicted octanol–water partition coefficient (Wildman–Crippen LogP) is 4.47. The van der Waals surface area contributed by atoms with Crippen LogP contribution in [0, 0.1) is 0 Å². The molecule has 0 bridgehead atoms. The topological polar surface area (TPSA) is 34.1 Å². The molecule has 0 saturated heterocycles. The lowest BCUT2D eigenvalue weighted by Gasteiger charge is -2.09. The molecule has 2 aromatic rings. The Hall–Kier alpha value is -1.53. The van der Waals surface area contributed by atoms with Crippen LogP contribution in [0.15, 0.2) is 48.5 Å². The molecule has 0 amide bonds. The molecule has 0 fully saturated rings. The lowest BCUT2D eigenvalue weighted by Crippen LogP contribution is -2.10. The van der Waals surface area contributed by atoms with Gasteiger partial charge in [-0.25, -0.2) is 8.42 Å². The van der Waals surface area contributed by atoms with Gasteiger partial charge >= 0.3 is 6.18 Å². The van der Waals surface area contributed by atoms with Gasteiger partial charge in [-0.1, -0.05) is 41.9 Å². The van der Waals surface area contributed by atoms with E-state index in [-0.39, 0.29) is 11.3 Å². The monoisotopic (exact) mass is 348 g/mol. The van der Waals surface area contributed by atoms with Crippen molar-refractivity contribution in [2.45, 2.75) is 17.7 Å². The van der Waals surface area contributed by atoms with E-state index < -0.39 is 27.3 Å². The van der Waals surface area contributed by atoms with Crippen LogP contribution in [0.25, 0.3) is 0 Å². The summed E-state index contributed by atoms with van der Waals surface area (Å²) in [4.78, 5) is 0. The molecule has 0 unspecified atom stereocenters. The van der Waals surface area contributed by atoms with Gasteiger partial charge in [-0.15, -0.1) is 0 Å². The number of sulfone groups is 1. The Bertz CT molecular complexity index is 770. The molecule has 0 aliphatic carbocycles. The molecule has 0 saturated carbocycles. The van der Waals surface area contributed by atoms with E-state index in [1.54, 1.807) is 18.2 Å². The van der Waals surface area contributed by atoms with E-state index in [2.05, 4.69) is 0 Å². The number of halogens is 4. The van der Waals surface area contributed by atoms with Gasteiger partial charge < -0.3 is 0 Å². The highest BCUT2D eigenvalue weighted by atomic mass is 35.5. The van der Waals surface area contributed by atoms with E-state index in [1.807, 2.05) is 0 Å². The van der Waals surface area contributed by atoms with Crippen LogP contribution in [-0.4, -0.2) is 8.42 Å². The summed E-state index contributed by atoms with van der Waals surface area (Å²) in [5.41, 5.74) is -0.251. The lowest BCUT2D eigenvalue weighted by atomic mass is 10.1. The van der Waals surface area contributed by atoms with Crippen LogP contribution < -0.4 is 0 Å². The van der Waals surface area contributed by atoms with Crippen molar-refractivity contribution in [3.05, 3.63) is 70.2 Å². The van der Waals surface area contributed by atoms with Gasteiger partial charge in [-0.3, -0.25) is 0 Å². The molecule has 2 nitrogen and oxygen atoms in total. The highest BCUT2D eigenvalue weighted by Gasteiger charge is 2.30. The highest BCUT2D eigenvalue weighted by molar-refractivity contribution is 7.89. The molecule has 0 aromatic heterocycles. The lowest BCUT2D eigenvalue weighted by molar-refractivity contribution is -0.137. The molecule has 7 heteroatoms. The Morgan fingerprint density at radius 3 is 2.00 bits per heavy atom. The second-order valence-electron chi connectivity index (χ2n) is 4.86. The Kier molecular flexibility index (Phi) is 4.82. The van der Waals surface area contributed by atoms with Crippen LogP contribution >= 0.6 is 11.6 Å². The van der Waals surface area contributed by atoms with Gasteiger partial charge in [-0.05, 0) is 29.3 Å². The molecular formula is C15H12ClF3O2S. The Labute approximate surface area is 131 Å². The summed E-state index contributed by atoms with van der Waals surface area (Å²) in [6.07, 6.45) is -4.49. The zero-order valence-corrected chi connectivity index (χ0v) is 12.8. The summed E-state index contributed by atoms with van der Waals surface area (Å²) >= 11 is 5.79. The quantitative estimate of drug-likeness (QED) is 0.816. The summed E-state index contributed by atoms with van der Waals surface area (Å²) < 4.78 is 62.1. The molecule has 0 spiro atoms. The van der Waals surface area contributed by atoms with Crippen LogP contribution in [0.5, 0.6) is 0 Å². The standard InChI is InChI=1S/C15H12ClF3O2S/c16-14-6-2-4-12(8-14)10-22(20,21)9-11-3-1-5-13(7-11)15(17,18)19/h1-8H,9-10H2. The first-order valence-electron chi connectivity index (χ1n) is 6.27. The van der Waals surface area contributed by atoms with Crippen LogP contribution in [-0.2, 0) is 27.5 Å². The molecule has 0 aliphatic rings. The second kappa shape index (κ2) is 6.30. The van der Waals surface area contributed by atoms with Gasteiger partial charge in [0.05, 0.1) is 17.1 Å². The highest BCUT2D eigenvalue weighted by Crippen LogP contribution is 2.30. The van der Waals surface area contributed by atoms with Crippen molar-refractivity contribution >= 4 is 21.4 Å². The first kappa shape index (κ1) is 16.8. The zero-order chi connectivity index (χ0) is 16.4. The molecule has 2 aromatic carbocycles. The molecule has 0 heterocycles. The smallest absolute Gasteiger partial charge is 0.228 e. The van der Waals surface area contributed by atoms with Crippen molar-refractivity contribution in [3.8, 4) is 0 Å². The van der Waals surface area contributed by atoms with E-state index in [9.17, 15) is 21.6 Å². The summed E-state index contributed by atoms with van der Waals surface area (Å²) in [6.45, 7) is 0. The second-order valence-corrected chi connectivity index (χ2v) is 7.36. The number of hydrogen-bond acceptors (Lipinski definition) is 2. The minimum absolute atomic E-state index is 0.108. The normalized spacial score (nSPS) is 12.4. The molecule has 0 atom stereocenters. The van der Waals surface area contributed by atoms with Crippen LogP contribution in [0.1, 0.15) is 16.7 Å². The first-order valence-corrected chi connectivity index (χ1v) is 8.47. The zero-order valence-electron chi connectivity index (χ0n) is 11.3. The maximum Gasteiger partial charge on any atom is 0.416 e. The third-order valence-corrected chi connectivity index (χ3v) is 4.70.